The van der Waals surface area contributed by atoms with Gasteiger partial charge in [0.1, 0.15) is 17.0 Å². The van der Waals surface area contributed by atoms with Crippen LogP contribution in [-0.2, 0) is 6.54 Å². The standard InChI is InChI=1S/C15H22N4OS/c1-9(2)14-12(7-16-10(3)4)21-15(19-14)11-6-13(20-5)18-8-17-11/h6,8-10,16H,7H2,1-5H3. The minimum Gasteiger partial charge on any atom is -0.481 e. The second kappa shape index (κ2) is 6.95. The summed E-state index contributed by atoms with van der Waals surface area (Å²) in [6, 6.07) is 2.28. The number of aromatic nitrogens is 3. The lowest BCUT2D eigenvalue weighted by Crippen LogP contribution is -2.22. The largest absolute Gasteiger partial charge is 0.481 e. The van der Waals surface area contributed by atoms with Crippen molar-refractivity contribution in [1.82, 2.24) is 20.3 Å². The maximum absolute atomic E-state index is 5.15. The van der Waals surface area contributed by atoms with Crippen molar-refractivity contribution in [3.05, 3.63) is 23.0 Å². The zero-order valence-electron chi connectivity index (χ0n) is 13.2. The van der Waals surface area contributed by atoms with Gasteiger partial charge in [0.2, 0.25) is 5.88 Å². The van der Waals surface area contributed by atoms with Crippen LogP contribution in [0.4, 0.5) is 0 Å². The predicted molar refractivity (Wildman–Crippen MR) is 85.8 cm³/mol. The van der Waals surface area contributed by atoms with Crippen LogP contribution in [0.2, 0.25) is 0 Å². The molecule has 1 N–H and O–H groups in total. The maximum Gasteiger partial charge on any atom is 0.216 e. The van der Waals surface area contributed by atoms with Gasteiger partial charge in [-0.15, -0.1) is 11.3 Å². The Hall–Kier alpha value is -1.53. The number of ether oxygens (including phenoxy) is 1. The van der Waals surface area contributed by atoms with Crippen LogP contribution in [0.1, 0.15) is 44.2 Å². The second-order valence-electron chi connectivity index (χ2n) is 5.46. The number of hydrogen-bond donors (Lipinski definition) is 1. The molecule has 2 aromatic rings. The highest BCUT2D eigenvalue weighted by atomic mass is 32.1. The summed E-state index contributed by atoms with van der Waals surface area (Å²) in [5.74, 6) is 0.950. The zero-order chi connectivity index (χ0) is 15.4. The molecule has 0 aliphatic rings. The van der Waals surface area contributed by atoms with Crippen LogP contribution in [0.15, 0.2) is 12.4 Å². The van der Waals surface area contributed by atoms with Crippen LogP contribution in [0.25, 0.3) is 10.7 Å². The molecule has 0 bridgehead atoms. The van der Waals surface area contributed by atoms with Crippen molar-refractivity contribution in [2.45, 2.75) is 46.2 Å². The molecular weight excluding hydrogens is 284 g/mol. The van der Waals surface area contributed by atoms with Crippen LogP contribution in [0.3, 0.4) is 0 Å². The van der Waals surface area contributed by atoms with Gasteiger partial charge in [-0.25, -0.2) is 15.0 Å². The molecule has 0 radical (unpaired) electrons. The zero-order valence-corrected chi connectivity index (χ0v) is 14.0. The second-order valence-corrected chi connectivity index (χ2v) is 6.55. The summed E-state index contributed by atoms with van der Waals surface area (Å²) in [7, 11) is 1.60. The monoisotopic (exact) mass is 306 g/mol. The number of nitrogens with one attached hydrogen (secondary N) is 1. The van der Waals surface area contributed by atoms with Crippen molar-refractivity contribution < 1.29 is 4.74 Å². The number of thiazole rings is 1. The summed E-state index contributed by atoms with van der Waals surface area (Å²) < 4.78 is 5.15. The van der Waals surface area contributed by atoms with E-state index in [9.17, 15) is 0 Å². The molecule has 0 aromatic carbocycles. The fourth-order valence-electron chi connectivity index (χ4n) is 1.92. The van der Waals surface area contributed by atoms with E-state index in [1.165, 1.54) is 11.2 Å². The molecule has 2 heterocycles. The van der Waals surface area contributed by atoms with E-state index < -0.39 is 0 Å². The molecule has 2 aromatic heterocycles. The molecule has 0 amide bonds. The van der Waals surface area contributed by atoms with Crippen molar-refractivity contribution in [3.8, 4) is 16.6 Å². The number of hydrogen-bond acceptors (Lipinski definition) is 6. The number of nitrogens with zero attached hydrogens (tertiary/aromatic N) is 3. The molecule has 0 fully saturated rings. The summed E-state index contributed by atoms with van der Waals surface area (Å²) in [5.41, 5.74) is 1.95. The third-order valence-electron chi connectivity index (χ3n) is 3.02. The summed E-state index contributed by atoms with van der Waals surface area (Å²) in [5, 5.41) is 4.37. The average Bonchev–Trinajstić information content (AvgIpc) is 2.89. The molecule has 21 heavy (non-hydrogen) atoms. The lowest BCUT2D eigenvalue weighted by atomic mass is 10.1. The van der Waals surface area contributed by atoms with E-state index in [1.54, 1.807) is 18.4 Å². The van der Waals surface area contributed by atoms with Crippen LogP contribution in [-0.4, -0.2) is 28.1 Å². The molecule has 2 rings (SSSR count). The van der Waals surface area contributed by atoms with Crippen molar-refractivity contribution in [3.63, 3.8) is 0 Å². The van der Waals surface area contributed by atoms with E-state index in [0.717, 1.165) is 22.9 Å². The highest BCUT2D eigenvalue weighted by Crippen LogP contribution is 2.31. The fraction of sp³-hybridized carbons (Fsp3) is 0.533. The third kappa shape index (κ3) is 3.98. The molecule has 6 heteroatoms. The topological polar surface area (TPSA) is 59.9 Å². The Bertz CT molecular complexity index is 595. The van der Waals surface area contributed by atoms with Crippen molar-refractivity contribution in [2.75, 3.05) is 7.11 Å². The molecule has 5 nitrogen and oxygen atoms in total. The first kappa shape index (κ1) is 15.9. The van der Waals surface area contributed by atoms with E-state index in [2.05, 4.69) is 43.0 Å². The van der Waals surface area contributed by atoms with Gasteiger partial charge in [-0.05, 0) is 5.92 Å². The Morgan fingerprint density at radius 1 is 1.24 bits per heavy atom. The predicted octanol–water partition coefficient (Wildman–Crippen LogP) is 3.23. The Morgan fingerprint density at radius 3 is 2.62 bits per heavy atom. The van der Waals surface area contributed by atoms with Gasteiger partial charge in [0, 0.05) is 23.5 Å². The smallest absolute Gasteiger partial charge is 0.216 e. The Labute approximate surface area is 129 Å². The van der Waals surface area contributed by atoms with Gasteiger partial charge in [0.05, 0.1) is 12.8 Å². The van der Waals surface area contributed by atoms with E-state index >= 15 is 0 Å². The lowest BCUT2D eigenvalue weighted by molar-refractivity contribution is 0.397. The molecule has 0 atom stereocenters. The molecular formula is C15H22N4OS. The van der Waals surface area contributed by atoms with Gasteiger partial charge in [0.25, 0.3) is 0 Å². The molecule has 0 aliphatic heterocycles. The van der Waals surface area contributed by atoms with Gasteiger partial charge in [-0.2, -0.15) is 0 Å². The molecule has 0 aliphatic carbocycles. The van der Waals surface area contributed by atoms with Crippen molar-refractivity contribution >= 4 is 11.3 Å². The summed E-state index contributed by atoms with van der Waals surface area (Å²) >= 11 is 1.68. The molecule has 0 unspecified atom stereocenters. The van der Waals surface area contributed by atoms with Crippen molar-refractivity contribution in [1.29, 1.82) is 0 Å². The van der Waals surface area contributed by atoms with Crippen molar-refractivity contribution in [2.24, 2.45) is 0 Å². The molecule has 0 spiro atoms. The van der Waals surface area contributed by atoms with Gasteiger partial charge >= 0.3 is 0 Å². The SMILES string of the molecule is COc1cc(-c2nc(C(C)C)c(CNC(C)C)s2)ncn1. The lowest BCUT2D eigenvalue weighted by Gasteiger charge is -2.09. The number of methoxy groups -OCH3 is 1. The third-order valence-corrected chi connectivity index (χ3v) is 4.11. The normalized spacial score (nSPS) is 11.4. The van der Waals surface area contributed by atoms with E-state index in [0.29, 0.717) is 17.8 Å². The summed E-state index contributed by atoms with van der Waals surface area (Å²) in [6.07, 6.45) is 1.51. The van der Waals surface area contributed by atoms with Crippen LogP contribution >= 0.6 is 11.3 Å². The minimum absolute atomic E-state index is 0.391. The van der Waals surface area contributed by atoms with Gasteiger partial charge < -0.3 is 10.1 Å². The first-order valence-electron chi connectivity index (χ1n) is 7.10. The maximum atomic E-state index is 5.15. The Morgan fingerprint density at radius 2 is 2.00 bits per heavy atom. The first-order chi connectivity index (χ1) is 10.0. The van der Waals surface area contributed by atoms with Gasteiger partial charge in [-0.3, -0.25) is 0 Å². The Kier molecular flexibility index (Phi) is 5.25. The summed E-state index contributed by atoms with van der Waals surface area (Å²) in [6.45, 7) is 9.46. The molecule has 0 saturated carbocycles. The highest BCUT2D eigenvalue weighted by Gasteiger charge is 2.16. The number of rotatable bonds is 6. The fourth-order valence-corrected chi connectivity index (χ4v) is 3.05. The van der Waals surface area contributed by atoms with Crippen LogP contribution < -0.4 is 10.1 Å². The highest BCUT2D eigenvalue weighted by molar-refractivity contribution is 7.15. The van der Waals surface area contributed by atoms with Crippen LogP contribution in [0, 0.1) is 0 Å². The average molecular weight is 306 g/mol. The Balaban J connectivity index is 2.33. The van der Waals surface area contributed by atoms with Gasteiger partial charge in [0.15, 0.2) is 0 Å². The van der Waals surface area contributed by atoms with Crippen LogP contribution in [0.5, 0.6) is 5.88 Å². The van der Waals surface area contributed by atoms with E-state index in [4.69, 9.17) is 9.72 Å². The first-order valence-corrected chi connectivity index (χ1v) is 7.92. The van der Waals surface area contributed by atoms with E-state index in [1.807, 2.05) is 6.07 Å². The van der Waals surface area contributed by atoms with Gasteiger partial charge in [-0.1, -0.05) is 27.7 Å². The quantitative estimate of drug-likeness (QED) is 0.888. The molecule has 0 saturated heterocycles. The summed E-state index contributed by atoms with van der Waals surface area (Å²) in [4.78, 5) is 14.4. The minimum atomic E-state index is 0.391. The molecule has 114 valence electrons. The van der Waals surface area contributed by atoms with E-state index in [-0.39, 0.29) is 0 Å².